The lowest BCUT2D eigenvalue weighted by atomic mass is 10.1. The maximum atomic E-state index is 12.5. The summed E-state index contributed by atoms with van der Waals surface area (Å²) in [5, 5.41) is 8.59. The molecule has 2 aromatic rings. The quantitative estimate of drug-likeness (QED) is 0.526. The molecule has 0 atom stereocenters. The lowest BCUT2D eigenvalue weighted by Gasteiger charge is -2.15. The largest absolute Gasteiger partial charge is 0.482 e. The highest BCUT2D eigenvalue weighted by atomic mass is 32.2. The number of hydrogen-bond acceptors (Lipinski definition) is 5. The molecule has 0 aliphatic carbocycles. The minimum Gasteiger partial charge on any atom is -0.482 e. The fourth-order valence-electron chi connectivity index (χ4n) is 2.96. The molecule has 0 spiro atoms. The first-order valence-electron chi connectivity index (χ1n) is 9.13. The van der Waals surface area contributed by atoms with E-state index >= 15 is 0 Å². The molecule has 7 nitrogen and oxygen atoms in total. The number of carboxylic acid groups (broad SMARTS) is 1. The van der Waals surface area contributed by atoms with Crippen LogP contribution in [0.2, 0.25) is 0 Å². The van der Waals surface area contributed by atoms with Gasteiger partial charge in [-0.3, -0.25) is 4.79 Å². The molecule has 1 aliphatic heterocycles. The van der Waals surface area contributed by atoms with Crippen molar-refractivity contribution in [1.29, 1.82) is 0 Å². The van der Waals surface area contributed by atoms with Crippen LogP contribution in [0.4, 0.5) is 0 Å². The van der Waals surface area contributed by atoms with Gasteiger partial charge in [0.1, 0.15) is 5.75 Å². The molecule has 29 heavy (non-hydrogen) atoms. The Morgan fingerprint density at radius 2 is 1.62 bits per heavy atom. The molecular weight excluding hydrogens is 394 g/mol. The van der Waals surface area contributed by atoms with E-state index in [4.69, 9.17) is 9.84 Å². The van der Waals surface area contributed by atoms with Crippen LogP contribution in [0.15, 0.2) is 59.5 Å². The number of hydrogen-bond donors (Lipinski definition) is 1. The number of carbonyl (C=O) groups is 2. The monoisotopic (exact) mass is 415 g/mol. The fraction of sp³-hybridized carbons (Fsp3) is 0.238. The molecular formula is C21H21NO6S. The van der Waals surface area contributed by atoms with Gasteiger partial charge in [-0.25, -0.2) is 13.2 Å². The topological polar surface area (TPSA) is 101 Å². The Morgan fingerprint density at radius 1 is 1.00 bits per heavy atom. The average molecular weight is 415 g/mol. The number of ketones is 1. The minimum atomic E-state index is -3.50. The molecule has 1 N–H and O–H groups in total. The molecule has 8 heteroatoms. The molecule has 1 aliphatic rings. The van der Waals surface area contributed by atoms with Gasteiger partial charge in [0.15, 0.2) is 12.4 Å². The molecule has 1 saturated heterocycles. The molecule has 3 rings (SSSR count). The van der Waals surface area contributed by atoms with Crippen LogP contribution < -0.4 is 4.74 Å². The molecule has 2 aromatic carbocycles. The molecule has 0 unspecified atom stereocenters. The zero-order chi connectivity index (χ0) is 20.9. The number of carbonyl (C=O) groups excluding carboxylic acids is 1. The summed E-state index contributed by atoms with van der Waals surface area (Å²) in [6.07, 6.45) is 4.76. The van der Waals surface area contributed by atoms with Gasteiger partial charge >= 0.3 is 5.97 Å². The summed E-state index contributed by atoms with van der Waals surface area (Å²) in [5.41, 5.74) is 1.14. The van der Waals surface area contributed by atoms with E-state index in [1.165, 1.54) is 34.6 Å². The van der Waals surface area contributed by atoms with Gasteiger partial charge in [0.05, 0.1) is 4.90 Å². The number of nitrogens with zero attached hydrogens (tertiary/aromatic N) is 1. The van der Waals surface area contributed by atoms with Crippen LogP contribution in [0.25, 0.3) is 6.08 Å². The molecule has 0 aromatic heterocycles. The molecule has 0 bridgehead atoms. The molecule has 0 saturated carbocycles. The summed E-state index contributed by atoms with van der Waals surface area (Å²) in [6.45, 7) is 0.648. The van der Waals surface area contributed by atoms with Gasteiger partial charge in [-0.2, -0.15) is 4.31 Å². The second-order valence-corrected chi connectivity index (χ2v) is 8.52. The third-order valence-electron chi connectivity index (χ3n) is 4.51. The standard InChI is InChI=1S/C21H21NO6S/c23-20(12-5-16-3-8-18(9-4-16)28-15-21(24)25)17-6-10-19(11-7-17)29(26,27)22-13-1-2-14-22/h3-12H,1-2,13-15H2,(H,24,25)/b12-5+. The van der Waals surface area contributed by atoms with Gasteiger partial charge in [0, 0.05) is 18.7 Å². The Hall–Kier alpha value is -2.97. The average Bonchev–Trinajstić information content (AvgIpc) is 3.27. The van der Waals surface area contributed by atoms with Gasteiger partial charge < -0.3 is 9.84 Å². The van der Waals surface area contributed by atoms with Crippen molar-refractivity contribution in [3.63, 3.8) is 0 Å². The maximum Gasteiger partial charge on any atom is 0.341 e. The van der Waals surface area contributed by atoms with Gasteiger partial charge in [0.2, 0.25) is 10.0 Å². The van der Waals surface area contributed by atoms with Gasteiger partial charge in [-0.15, -0.1) is 0 Å². The molecule has 1 heterocycles. The first kappa shape index (κ1) is 20.8. The van der Waals surface area contributed by atoms with E-state index in [1.54, 1.807) is 30.3 Å². The van der Waals surface area contributed by atoms with Crippen LogP contribution in [0.1, 0.15) is 28.8 Å². The number of aliphatic carboxylic acids is 1. The smallest absolute Gasteiger partial charge is 0.341 e. The van der Waals surface area contributed by atoms with E-state index in [9.17, 15) is 18.0 Å². The second-order valence-electron chi connectivity index (χ2n) is 6.58. The normalized spacial score (nSPS) is 14.9. The SMILES string of the molecule is O=C(O)COc1ccc(/C=C/C(=O)c2ccc(S(=O)(=O)N3CCCC3)cc2)cc1. The van der Waals surface area contributed by atoms with E-state index in [1.807, 2.05) is 0 Å². The fourth-order valence-corrected chi connectivity index (χ4v) is 4.47. The summed E-state index contributed by atoms with van der Waals surface area (Å²) < 4.78 is 31.6. The summed E-state index contributed by atoms with van der Waals surface area (Å²) in [4.78, 5) is 23.0. The zero-order valence-corrected chi connectivity index (χ0v) is 16.5. The Morgan fingerprint density at radius 3 is 2.21 bits per heavy atom. The Labute approximate surface area is 169 Å². The summed E-state index contributed by atoms with van der Waals surface area (Å²) in [6, 6.07) is 12.6. The Balaban J connectivity index is 1.64. The number of ether oxygens (including phenoxy) is 1. The maximum absolute atomic E-state index is 12.5. The second kappa shape index (κ2) is 9.02. The van der Waals surface area contributed by atoms with Crippen molar-refractivity contribution in [3.05, 3.63) is 65.7 Å². The van der Waals surface area contributed by atoms with Crippen LogP contribution in [0, 0.1) is 0 Å². The van der Waals surface area contributed by atoms with Crippen molar-refractivity contribution < 1.29 is 27.9 Å². The lowest BCUT2D eigenvalue weighted by Crippen LogP contribution is -2.27. The van der Waals surface area contributed by atoms with Gasteiger partial charge in [0.25, 0.3) is 0 Å². The highest BCUT2D eigenvalue weighted by Crippen LogP contribution is 2.21. The Bertz CT molecular complexity index is 1000. The van der Waals surface area contributed by atoms with Crippen molar-refractivity contribution in [2.45, 2.75) is 17.7 Å². The predicted octanol–water partition coefficient (Wildman–Crippen LogP) is 2.83. The van der Waals surface area contributed by atoms with E-state index in [2.05, 4.69) is 0 Å². The van der Waals surface area contributed by atoms with Gasteiger partial charge in [-0.05, 0) is 60.9 Å². The van der Waals surface area contributed by atoms with Crippen LogP contribution >= 0.6 is 0 Å². The highest BCUT2D eigenvalue weighted by molar-refractivity contribution is 7.89. The van der Waals surface area contributed by atoms with E-state index in [0.717, 1.165) is 18.4 Å². The first-order chi connectivity index (χ1) is 13.9. The van der Waals surface area contributed by atoms with Crippen LogP contribution in [0.5, 0.6) is 5.75 Å². The van der Waals surface area contributed by atoms with E-state index < -0.39 is 22.6 Å². The van der Waals surface area contributed by atoms with Gasteiger partial charge in [-0.1, -0.05) is 18.2 Å². The number of benzene rings is 2. The van der Waals surface area contributed by atoms with Crippen molar-refractivity contribution in [3.8, 4) is 5.75 Å². The minimum absolute atomic E-state index is 0.192. The van der Waals surface area contributed by atoms with E-state index in [-0.39, 0.29) is 10.7 Å². The number of rotatable bonds is 8. The Kier molecular flexibility index (Phi) is 6.46. The molecule has 0 radical (unpaired) electrons. The highest BCUT2D eigenvalue weighted by Gasteiger charge is 2.27. The third-order valence-corrected chi connectivity index (χ3v) is 6.42. The third kappa shape index (κ3) is 5.30. The molecule has 1 fully saturated rings. The predicted molar refractivity (Wildman–Crippen MR) is 107 cm³/mol. The summed E-state index contributed by atoms with van der Waals surface area (Å²) in [7, 11) is -3.50. The van der Waals surface area contributed by atoms with Crippen LogP contribution in [0.3, 0.4) is 0 Å². The summed E-state index contributed by atoms with van der Waals surface area (Å²) >= 11 is 0. The number of allylic oxidation sites excluding steroid dienone is 1. The van der Waals surface area contributed by atoms with Crippen LogP contribution in [-0.4, -0.2) is 49.3 Å². The molecule has 0 amide bonds. The van der Waals surface area contributed by atoms with Crippen molar-refractivity contribution in [1.82, 2.24) is 4.31 Å². The van der Waals surface area contributed by atoms with E-state index in [0.29, 0.717) is 24.4 Å². The number of sulfonamides is 1. The van der Waals surface area contributed by atoms with Crippen molar-refractivity contribution in [2.75, 3.05) is 19.7 Å². The van der Waals surface area contributed by atoms with Crippen molar-refractivity contribution in [2.24, 2.45) is 0 Å². The lowest BCUT2D eigenvalue weighted by molar-refractivity contribution is -0.139. The van der Waals surface area contributed by atoms with Crippen LogP contribution in [-0.2, 0) is 14.8 Å². The summed E-state index contributed by atoms with van der Waals surface area (Å²) in [5.74, 6) is -0.884. The van der Waals surface area contributed by atoms with Crippen molar-refractivity contribution >= 4 is 27.9 Å². The first-order valence-corrected chi connectivity index (χ1v) is 10.6. The zero-order valence-electron chi connectivity index (χ0n) is 15.7. The molecule has 152 valence electrons. The number of carboxylic acids is 1.